The van der Waals surface area contributed by atoms with Crippen LogP contribution in [0.25, 0.3) is 0 Å². The summed E-state index contributed by atoms with van der Waals surface area (Å²) in [5, 5.41) is 16.4. The van der Waals surface area contributed by atoms with Crippen LogP contribution in [0.1, 0.15) is 15.9 Å². The Morgan fingerprint density at radius 1 is 0.969 bits per heavy atom. The van der Waals surface area contributed by atoms with Gasteiger partial charge in [0.2, 0.25) is 0 Å². The lowest BCUT2D eigenvalue weighted by molar-refractivity contribution is -0.384. The molecule has 0 spiro atoms. The van der Waals surface area contributed by atoms with E-state index in [0.29, 0.717) is 5.69 Å². The Hall–Kier alpha value is -4.40. The van der Waals surface area contributed by atoms with E-state index in [2.05, 4.69) is 10.6 Å². The maximum atomic E-state index is 12.8. The number of aryl methyl sites for hydroxylation is 1. The summed E-state index contributed by atoms with van der Waals surface area (Å²) >= 11 is 0. The molecular weight excluding hydrogens is 414 g/mol. The van der Waals surface area contributed by atoms with Crippen molar-refractivity contribution in [1.82, 2.24) is 0 Å². The molecule has 0 atom stereocenters. The van der Waals surface area contributed by atoms with Crippen molar-refractivity contribution in [3.63, 3.8) is 0 Å². The fourth-order valence-corrected chi connectivity index (χ4v) is 2.94. The third-order valence-corrected chi connectivity index (χ3v) is 4.43. The second-order valence-corrected chi connectivity index (χ2v) is 6.80. The number of nitro benzene ring substituents is 1. The Bertz CT molecular complexity index is 1160. The first-order chi connectivity index (χ1) is 15.4. The number of hydrogen-bond donors (Lipinski definition) is 2. The maximum absolute atomic E-state index is 12.8. The number of para-hydroxylation sites is 1. The molecule has 0 unspecified atom stereocenters. The van der Waals surface area contributed by atoms with E-state index < -0.39 is 10.8 Å². The molecule has 0 aliphatic carbocycles. The molecule has 2 N–H and O–H groups in total. The van der Waals surface area contributed by atoms with Crippen LogP contribution >= 0.6 is 0 Å². The van der Waals surface area contributed by atoms with Gasteiger partial charge in [0, 0.05) is 17.8 Å². The molecule has 0 aliphatic rings. The van der Waals surface area contributed by atoms with Gasteiger partial charge in [0.15, 0.2) is 6.61 Å². The molecule has 0 aromatic heterocycles. The summed E-state index contributed by atoms with van der Waals surface area (Å²) in [6, 6.07) is 17.6. The zero-order valence-electron chi connectivity index (χ0n) is 17.5. The van der Waals surface area contributed by atoms with E-state index in [9.17, 15) is 19.7 Å². The van der Waals surface area contributed by atoms with Gasteiger partial charge in [-0.15, -0.1) is 0 Å². The standard InChI is InChI=1S/C23H21N3O6/c1-15-6-5-7-16(12-15)24-22(27)14-32-20-9-4-3-8-18(20)23(28)25-19-13-17(26(29)30)10-11-21(19)31-2/h3-13H,14H2,1-2H3,(H,24,27)(H,25,28). The molecule has 0 bridgehead atoms. The summed E-state index contributed by atoms with van der Waals surface area (Å²) < 4.78 is 10.7. The number of nitrogens with zero attached hydrogens (tertiary/aromatic N) is 1. The number of rotatable bonds is 8. The zero-order chi connectivity index (χ0) is 23.1. The molecule has 3 aromatic rings. The van der Waals surface area contributed by atoms with Crippen molar-refractivity contribution in [3.8, 4) is 11.5 Å². The average Bonchev–Trinajstić information content (AvgIpc) is 2.77. The number of carbonyl (C=O) groups is 2. The number of methoxy groups -OCH3 is 1. The van der Waals surface area contributed by atoms with Gasteiger partial charge in [0.1, 0.15) is 11.5 Å². The van der Waals surface area contributed by atoms with Crippen LogP contribution < -0.4 is 20.1 Å². The summed E-state index contributed by atoms with van der Waals surface area (Å²) in [5.74, 6) is -0.502. The number of ether oxygens (including phenoxy) is 2. The summed E-state index contributed by atoms with van der Waals surface area (Å²) in [7, 11) is 1.39. The number of hydrogen-bond acceptors (Lipinski definition) is 6. The summed E-state index contributed by atoms with van der Waals surface area (Å²) in [6.45, 7) is 1.61. The molecule has 0 saturated carbocycles. The SMILES string of the molecule is COc1ccc([N+](=O)[O-])cc1NC(=O)c1ccccc1OCC(=O)Nc1cccc(C)c1. The van der Waals surface area contributed by atoms with Gasteiger partial charge in [-0.2, -0.15) is 0 Å². The van der Waals surface area contributed by atoms with E-state index in [4.69, 9.17) is 9.47 Å². The van der Waals surface area contributed by atoms with E-state index in [-0.39, 0.29) is 41.0 Å². The third-order valence-electron chi connectivity index (χ3n) is 4.43. The van der Waals surface area contributed by atoms with Crippen molar-refractivity contribution >= 4 is 28.9 Å². The van der Waals surface area contributed by atoms with Gasteiger partial charge in [-0.3, -0.25) is 19.7 Å². The van der Waals surface area contributed by atoms with Gasteiger partial charge < -0.3 is 20.1 Å². The normalized spacial score (nSPS) is 10.2. The topological polar surface area (TPSA) is 120 Å². The first-order valence-corrected chi connectivity index (χ1v) is 9.59. The number of anilines is 2. The lowest BCUT2D eigenvalue weighted by atomic mass is 10.1. The summed E-state index contributed by atoms with van der Waals surface area (Å²) in [6.07, 6.45) is 0. The van der Waals surface area contributed by atoms with Crippen LogP contribution in [-0.4, -0.2) is 30.5 Å². The molecule has 3 aromatic carbocycles. The third kappa shape index (κ3) is 5.60. The Kier molecular flexibility index (Phi) is 7.02. The van der Waals surface area contributed by atoms with Crippen LogP contribution in [0.3, 0.4) is 0 Å². The Morgan fingerprint density at radius 2 is 1.75 bits per heavy atom. The van der Waals surface area contributed by atoms with Crippen LogP contribution in [-0.2, 0) is 4.79 Å². The molecule has 3 rings (SSSR count). The highest BCUT2D eigenvalue weighted by Crippen LogP contribution is 2.30. The molecule has 0 saturated heterocycles. The Balaban J connectivity index is 1.72. The minimum absolute atomic E-state index is 0.138. The highest BCUT2D eigenvalue weighted by atomic mass is 16.6. The highest BCUT2D eigenvalue weighted by Gasteiger charge is 2.18. The molecular formula is C23H21N3O6. The largest absolute Gasteiger partial charge is 0.495 e. The van der Waals surface area contributed by atoms with Gasteiger partial charge in [-0.25, -0.2) is 0 Å². The van der Waals surface area contributed by atoms with Crippen molar-refractivity contribution in [3.05, 3.63) is 88.0 Å². The van der Waals surface area contributed by atoms with E-state index >= 15 is 0 Å². The van der Waals surface area contributed by atoms with E-state index in [1.54, 1.807) is 24.3 Å². The number of benzene rings is 3. The first kappa shape index (κ1) is 22.3. The average molecular weight is 435 g/mol. The van der Waals surface area contributed by atoms with E-state index in [1.807, 2.05) is 25.1 Å². The number of nitro groups is 1. The molecule has 32 heavy (non-hydrogen) atoms. The highest BCUT2D eigenvalue weighted by molar-refractivity contribution is 6.07. The van der Waals surface area contributed by atoms with Gasteiger partial charge in [0.25, 0.3) is 17.5 Å². The van der Waals surface area contributed by atoms with Gasteiger partial charge in [0.05, 0.1) is 23.3 Å². The van der Waals surface area contributed by atoms with Crippen molar-refractivity contribution in [2.45, 2.75) is 6.92 Å². The quantitative estimate of drug-likeness (QED) is 0.405. The van der Waals surface area contributed by atoms with Gasteiger partial charge >= 0.3 is 0 Å². The number of carbonyl (C=O) groups excluding carboxylic acids is 2. The summed E-state index contributed by atoms with van der Waals surface area (Å²) in [4.78, 5) is 35.6. The van der Waals surface area contributed by atoms with Crippen LogP contribution in [0.2, 0.25) is 0 Å². The monoisotopic (exact) mass is 435 g/mol. The first-order valence-electron chi connectivity index (χ1n) is 9.59. The van der Waals surface area contributed by atoms with Gasteiger partial charge in [-0.05, 0) is 42.8 Å². The Morgan fingerprint density at radius 3 is 2.47 bits per heavy atom. The van der Waals surface area contributed by atoms with Gasteiger partial charge in [-0.1, -0.05) is 24.3 Å². The maximum Gasteiger partial charge on any atom is 0.271 e. The Labute approximate surface area is 184 Å². The molecule has 9 nitrogen and oxygen atoms in total. The lowest BCUT2D eigenvalue weighted by Crippen LogP contribution is -2.21. The van der Waals surface area contributed by atoms with E-state index in [0.717, 1.165) is 5.56 Å². The molecule has 2 amide bonds. The van der Waals surface area contributed by atoms with Crippen molar-refractivity contribution in [1.29, 1.82) is 0 Å². The van der Waals surface area contributed by atoms with Crippen LogP contribution in [0.5, 0.6) is 11.5 Å². The molecule has 0 aliphatic heterocycles. The van der Waals surface area contributed by atoms with Crippen LogP contribution in [0.15, 0.2) is 66.7 Å². The summed E-state index contributed by atoms with van der Waals surface area (Å²) in [5.41, 5.74) is 1.74. The fraction of sp³-hybridized carbons (Fsp3) is 0.130. The second kappa shape index (κ2) is 10.1. The van der Waals surface area contributed by atoms with Crippen molar-refractivity contribution in [2.24, 2.45) is 0 Å². The zero-order valence-corrected chi connectivity index (χ0v) is 17.5. The minimum Gasteiger partial charge on any atom is -0.495 e. The number of amides is 2. The lowest BCUT2D eigenvalue weighted by Gasteiger charge is -2.13. The number of nitrogens with one attached hydrogen (secondary N) is 2. The molecule has 0 radical (unpaired) electrons. The second-order valence-electron chi connectivity index (χ2n) is 6.80. The minimum atomic E-state index is -0.571. The predicted molar refractivity (Wildman–Crippen MR) is 119 cm³/mol. The van der Waals surface area contributed by atoms with Crippen LogP contribution in [0, 0.1) is 17.0 Å². The number of non-ortho nitro benzene ring substituents is 1. The molecule has 164 valence electrons. The molecule has 9 heteroatoms. The molecule has 0 heterocycles. The fourth-order valence-electron chi connectivity index (χ4n) is 2.94. The van der Waals surface area contributed by atoms with E-state index in [1.165, 1.54) is 31.4 Å². The predicted octanol–water partition coefficient (Wildman–Crippen LogP) is 4.18. The van der Waals surface area contributed by atoms with Crippen LogP contribution in [0.4, 0.5) is 17.1 Å². The van der Waals surface area contributed by atoms with Crippen molar-refractivity contribution < 1.29 is 24.0 Å². The van der Waals surface area contributed by atoms with Crippen molar-refractivity contribution in [2.75, 3.05) is 24.4 Å². The smallest absolute Gasteiger partial charge is 0.271 e. The molecule has 0 fully saturated rings.